The van der Waals surface area contributed by atoms with Crippen LogP contribution in [0.5, 0.6) is 0 Å². The molecule has 2 aromatic rings. The SMILES string of the molecule is CCC(C)=Nn1c(=N)c(N2CCN(C)CC2)nc2c(CC)cc(Cl)cc21. The molecule has 0 bridgehead atoms. The van der Waals surface area contributed by atoms with Gasteiger partial charge in [-0.15, -0.1) is 0 Å². The van der Waals surface area contributed by atoms with E-state index in [4.69, 9.17) is 27.1 Å². The summed E-state index contributed by atoms with van der Waals surface area (Å²) in [6.45, 7) is 9.83. The molecule has 1 aromatic heterocycles. The highest BCUT2D eigenvalue weighted by molar-refractivity contribution is 6.31. The number of anilines is 1. The lowest BCUT2D eigenvalue weighted by molar-refractivity contribution is 0.311. The Morgan fingerprint density at radius 3 is 2.54 bits per heavy atom. The number of likely N-dealkylation sites (N-methyl/N-ethyl adjacent to an activating group) is 1. The summed E-state index contributed by atoms with van der Waals surface area (Å²) < 4.78 is 1.71. The highest BCUT2D eigenvalue weighted by Gasteiger charge is 2.20. The van der Waals surface area contributed by atoms with Crippen LogP contribution in [0, 0.1) is 5.41 Å². The molecule has 0 atom stereocenters. The van der Waals surface area contributed by atoms with Crippen LogP contribution in [0.15, 0.2) is 17.2 Å². The van der Waals surface area contributed by atoms with Gasteiger partial charge in [-0.1, -0.05) is 25.4 Å². The summed E-state index contributed by atoms with van der Waals surface area (Å²) in [7, 11) is 2.12. The second kappa shape index (κ2) is 7.76. The Balaban J connectivity index is 2.28. The summed E-state index contributed by atoms with van der Waals surface area (Å²) >= 11 is 6.34. The Labute approximate surface area is 159 Å². The molecule has 1 aliphatic rings. The van der Waals surface area contributed by atoms with Crippen LogP contribution in [0.2, 0.25) is 5.02 Å². The fourth-order valence-corrected chi connectivity index (χ4v) is 3.39. The van der Waals surface area contributed by atoms with Crippen molar-refractivity contribution in [3.05, 3.63) is 28.2 Å². The second-order valence-electron chi connectivity index (χ2n) is 6.86. The van der Waals surface area contributed by atoms with Gasteiger partial charge in [0.25, 0.3) is 0 Å². The van der Waals surface area contributed by atoms with Crippen molar-refractivity contribution in [2.24, 2.45) is 5.10 Å². The first kappa shape index (κ1) is 18.9. The van der Waals surface area contributed by atoms with Gasteiger partial charge in [0.1, 0.15) is 0 Å². The number of halogens is 1. The number of hydrogen-bond acceptors (Lipinski definition) is 5. The number of nitrogens with one attached hydrogen (secondary N) is 1. The lowest BCUT2D eigenvalue weighted by Gasteiger charge is -2.33. The van der Waals surface area contributed by atoms with Crippen LogP contribution in [0.25, 0.3) is 11.0 Å². The van der Waals surface area contributed by atoms with Crippen LogP contribution in [-0.2, 0) is 6.42 Å². The highest BCUT2D eigenvalue weighted by atomic mass is 35.5. The van der Waals surface area contributed by atoms with Crippen molar-refractivity contribution >= 4 is 34.2 Å². The quantitative estimate of drug-likeness (QED) is 0.836. The van der Waals surface area contributed by atoms with Gasteiger partial charge in [-0.25, -0.2) is 9.66 Å². The number of rotatable bonds is 4. The molecule has 140 valence electrons. The lowest BCUT2D eigenvalue weighted by Crippen LogP contribution is -2.47. The van der Waals surface area contributed by atoms with Crippen molar-refractivity contribution in [3.8, 4) is 0 Å². The van der Waals surface area contributed by atoms with Crippen molar-refractivity contribution in [1.29, 1.82) is 5.41 Å². The van der Waals surface area contributed by atoms with Gasteiger partial charge in [0.05, 0.1) is 11.0 Å². The van der Waals surface area contributed by atoms with E-state index in [0.717, 1.165) is 61.3 Å². The Kier molecular flexibility index (Phi) is 5.63. The molecule has 0 unspecified atom stereocenters. The summed E-state index contributed by atoms with van der Waals surface area (Å²) in [5, 5.41) is 14.1. The highest BCUT2D eigenvalue weighted by Crippen LogP contribution is 2.24. The lowest BCUT2D eigenvalue weighted by atomic mass is 10.1. The standard InChI is InChI=1S/C19H27ClN6/c1-5-13(3)23-26-16-12-15(20)11-14(6-2)17(16)22-19(18(26)21)25-9-7-24(4)8-10-25/h11-12,21H,5-10H2,1-4H3. The van der Waals surface area contributed by atoms with Crippen molar-refractivity contribution in [1.82, 2.24) is 14.6 Å². The summed E-state index contributed by atoms with van der Waals surface area (Å²) in [6, 6.07) is 3.83. The van der Waals surface area contributed by atoms with E-state index < -0.39 is 0 Å². The fraction of sp³-hybridized carbons (Fsp3) is 0.526. The first-order valence-electron chi connectivity index (χ1n) is 9.22. The maximum absolute atomic E-state index is 8.78. The molecule has 1 saturated heterocycles. The summed E-state index contributed by atoms with van der Waals surface area (Å²) in [6.07, 6.45) is 1.67. The summed E-state index contributed by atoms with van der Waals surface area (Å²) in [5.74, 6) is 0.704. The Bertz CT molecular complexity index is 893. The first-order valence-corrected chi connectivity index (χ1v) is 9.60. The molecule has 3 rings (SSSR count). The van der Waals surface area contributed by atoms with E-state index in [-0.39, 0.29) is 0 Å². The number of fused-ring (bicyclic) bond motifs is 1. The van der Waals surface area contributed by atoms with E-state index in [1.807, 2.05) is 19.1 Å². The first-order chi connectivity index (χ1) is 12.4. The predicted octanol–water partition coefficient (Wildman–Crippen LogP) is 3.12. The van der Waals surface area contributed by atoms with Crippen molar-refractivity contribution < 1.29 is 0 Å². The molecular formula is C19H27ClN6. The van der Waals surface area contributed by atoms with Crippen LogP contribution in [0.1, 0.15) is 32.8 Å². The van der Waals surface area contributed by atoms with E-state index in [1.165, 1.54) is 0 Å². The smallest absolute Gasteiger partial charge is 0.190 e. The van der Waals surface area contributed by atoms with Crippen molar-refractivity contribution in [2.75, 3.05) is 38.1 Å². The minimum absolute atomic E-state index is 0.319. The van der Waals surface area contributed by atoms with Gasteiger partial charge in [-0.3, -0.25) is 5.41 Å². The van der Waals surface area contributed by atoms with Gasteiger partial charge in [-0.05, 0) is 44.5 Å². The second-order valence-corrected chi connectivity index (χ2v) is 7.30. The van der Waals surface area contributed by atoms with E-state index in [9.17, 15) is 0 Å². The normalized spacial score (nSPS) is 16.5. The van der Waals surface area contributed by atoms with Crippen LogP contribution < -0.4 is 10.4 Å². The summed E-state index contributed by atoms with van der Waals surface area (Å²) in [4.78, 5) is 9.40. The van der Waals surface area contributed by atoms with E-state index in [0.29, 0.717) is 16.3 Å². The third-order valence-corrected chi connectivity index (χ3v) is 5.19. The van der Waals surface area contributed by atoms with Crippen LogP contribution in [-0.4, -0.2) is 53.5 Å². The molecule has 0 aliphatic carbocycles. The largest absolute Gasteiger partial charge is 0.351 e. The predicted molar refractivity (Wildman–Crippen MR) is 108 cm³/mol. The summed E-state index contributed by atoms with van der Waals surface area (Å²) in [5.41, 5.74) is 4.05. The van der Waals surface area contributed by atoms with Gasteiger partial charge >= 0.3 is 0 Å². The molecule has 1 N–H and O–H groups in total. The number of hydrogen-bond donors (Lipinski definition) is 1. The number of aryl methyl sites for hydroxylation is 1. The molecule has 1 aliphatic heterocycles. The molecule has 1 aromatic carbocycles. The molecule has 1 fully saturated rings. The van der Waals surface area contributed by atoms with Gasteiger partial charge in [0, 0.05) is 36.9 Å². The van der Waals surface area contributed by atoms with Crippen LogP contribution in [0.3, 0.4) is 0 Å². The number of benzene rings is 1. The molecular weight excluding hydrogens is 348 g/mol. The Hall–Kier alpha value is -1.92. The Morgan fingerprint density at radius 2 is 1.92 bits per heavy atom. The number of nitrogens with zero attached hydrogens (tertiary/aromatic N) is 5. The molecule has 0 spiro atoms. The van der Waals surface area contributed by atoms with Gasteiger partial charge in [-0.2, -0.15) is 5.10 Å². The third kappa shape index (κ3) is 3.62. The van der Waals surface area contributed by atoms with E-state index in [2.05, 4.69) is 30.7 Å². The molecule has 0 saturated carbocycles. The monoisotopic (exact) mass is 374 g/mol. The molecule has 7 heteroatoms. The van der Waals surface area contributed by atoms with Gasteiger partial charge in [0.15, 0.2) is 11.3 Å². The van der Waals surface area contributed by atoms with E-state index in [1.54, 1.807) is 4.68 Å². The molecule has 2 heterocycles. The maximum Gasteiger partial charge on any atom is 0.190 e. The fourth-order valence-electron chi connectivity index (χ4n) is 3.16. The zero-order valence-electron chi connectivity index (χ0n) is 16.0. The maximum atomic E-state index is 8.78. The van der Waals surface area contributed by atoms with Crippen molar-refractivity contribution in [3.63, 3.8) is 0 Å². The minimum Gasteiger partial charge on any atom is -0.351 e. The molecule has 0 amide bonds. The number of aromatic nitrogens is 2. The van der Waals surface area contributed by atoms with Crippen molar-refractivity contribution in [2.45, 2.75) is 33.6 Å². The third-order valence-electron chi connectivity index (χ3n) is 4.97. The van der Waals surface area contributed by atoms with Gasteiger partial charge in [0.2, 0.25) is 0 Å². The molecule has 6 nitrogen and oxygen atoms in total. The number of piperazine rings is 1. The van der Waals surface area contributed by atoms with Crippen LogP contribution >= 0.6 is 11.6 Å². The zero-order valence-corrected chi connectivity index (χ0v) is 16.8. The molecule has 26 heavy (non-hydrogen) atoms. The topological polar surface area (TPSA) is 60.5 Å². The minimum atomic E-state index is 0.319. The average Bonchev–Trinajstić information content (AvgIpc) is 2.64. The average molecular weight is 375 g/mol. The zero-order chi connectivity index (χ0) is 18.8. The molecule has 0 radical (unpaired) electrons. The van der Waals surface area contributed by atoms with E-state index >= 15 is 0 Å². The Morgan fingerprint density at radius 1 is 1.23 bits per heavy atom. The van der Waals surface area contributed by atoms with Crippen LogP contribution in [0.4, 0.5) is 5.82 Å². The van der Waals surface area contributed by atoms with Gasteiger partial charge < -0.3 is 9.80 Å².